The maximum Gasteiger partial charge on any atom is 0.315 e. The van der Waals surface area contributed by atoms with Crippen LogP contribution in [0.25, 0.3) is 0 Å². The Hall–Kier alpha value is -2.12. The molecule has 168 valence electrons. The molecule has 0 spiro atoms. The molecule has 0 aliphatic carbocycles. The molecular formula is C21H36O8. The van der Waals surface area contributed by atoms with Crippen molar-refractivity contribution in [1.82, 2.24) is 0 Å². The molecule has 0 rings (SSSR count). The molecule has 3 atom stereocenters. The van der Waals surface area contributed by atoms with Crippen LogP contribution in [-0.2, 0) is 33.4 Å². The van der Waals surface area contributed by atoms with Crippen molar-refractivity contribution in [2.75, 3.05) is 0 Å². The van der Waals surface area contributed by atoms with Gasteiger partial charge in [0.2, 0.25) is 6.29 Å². The molecule has 8 nitrogen and oxygen atoms in total. The molecule has 0 aromatic rings. The Kier molecular flexibility index (Phi) is 14.6. The van der Waals surface area contributed by atoms with E-state index in [1.165, 1.54) is 6.92 Å². The molecule has 29 heavy (non-hydrogen) atoms. The number of hydrogen-bond donors (Lipinski definition) is 1. The number of esters is 3. The van der Waals surface area contributed by atoms with Gasteiger partial charge in [-0.2, -0.15) is 0 Å². The van der Waals surface area contributed by atoms with Crippen molar-refractivity contribution in [2.45, 2.75) is 104 Å². The fourth-order valence-corrected chi connectivity index (χ4v) is 2.81. The second kappa shape index (κ2) is 15.8. The van der Waals surface area contributed by atoms with Gasteiger partial charge in [-0.3, -0.25) is 19.2 Å². The molecule has 0 bridgehead atoms. The van der Waals surface area contributed by atoms with Crippen LogP contribution >= 0.6 is 0 Å². The quantitative estimate of drug-likeness (QED) is 0.228. The van der Waals surface area contributed by atoms with Gasteiger partial charge in [0.05, 0.1) is 5.92 Å². The Balaban J connectivity index is 4.53. The van der Waals surface area contributed by atoms with Gasteiger partial charge in [-0.25, -0.2) is 0 Å². The van der Waals surface area contributed by atoms with Crippen molar-refractivity contribution >= 4 is 23.9 Å². The zero-order valence-electron chi connectivity index (χ0n) is 18.1. The maximum absolute atomic E-state index is 12.5. The van der Waals surface area contributed by atoms with E-state index >= 15 is 0 Å². The first-order valence-electron chi connectivity index (χ1n) is 10.5. The average Bonchev–Trinajstić information content (AvgIpc) is 2.65. The van der Waals surface area contributed by atoms with Crippen LogP contribution in [0, 0.1) is 5.92 Å². The van der Waals surface area contributed by atoms with Gasteiger partial charge in [0.15, 0.2) is 0 Å². The number of rotatable bonds is 16. The first-order chi connectivity index (χ1) is 13.7. The first-order valence-corrected chi connectivity index (χ1v) is 10.5. The summed E-state index contributed by atoms with van der Waals surface area (Å²) in [5, 5.41) is 8.62. The lowest BCUT2D eigenvalue weighted by atomic mass is 9.95. The number of carboxylic acids is 1. The smallest absolute Gasteiger partial charge is 0.315 e. The summed E-state index contributed by atoms with van der Waals surface area (Å²) in [7, 11) is 0. The van der Waals surface area contributed by atoms with Crippen molar-refractivity contribution in [1.29, 1.82) is 0 Å². The molecule has 1 N–H and O–H groups in total. The molecule has 0 aromatic carbocycles. The third-order valence-corrected chi connectivity index (χ3v) is 4.50. The van der Waals surface area contributed by atoms with Crippen LogP contribution in [0.1, 0.15) is 91.9 Å². The Morgan fingerprint density at radius 3 is 1.83 bits per heavy atom. The predicted molar refractivity (Wildman–Crippen MR) is 106 cm³/mol. The standard InChI is InChI=1S/C21H36O8/c1-5-19(24)27-15(3)17(21(26)29-16(4)28-20(25)6-2)13-11-9-7-8-10-12-14-18(22)23/h15-17H,5-14H2,1-4H3,(H,22,23). The number of unbranched alkanes of at least 4 members (excludes halogenated alkanes) is 5. The van der Waals surface area contributed by atoms with E-state index in [0.29, 0.717) is 12.8 Å². The Labute approximate surface area is 173 Å². The summed E-state index contributed by atoms with van der Waals surface area (Å²) in [6, 6.07) is 0. The van der Waals surface area contributed by atoms with Crippen molar-refractivity contribution in [2.24, 2.45) is 5.92 Å². The molecule has 0 aromatic heterocycles. The lowest BCUT2D eigenvalue weighted by Gasteiger charge is -2.24. The predicted octanol–water partition coefficient (Wildman–Crippen LogP) is 3.99. The van der Waals surface area contributed by atoms with Gasteiger partial charge in [0.25, 0.3) is 0 Å². The molecule has 3 unspecified atom stereocenters. The number of carboxylic acid groups (broad SMARTS) is 1. The van der Waals surface area contributed by atoms with E-state index in [0.717, 1.165) is 32.1 Å². The molecule has 0 amide bonds. The van der Waals surface area contributed by atoms with Crippen LogP contribution in [0.3, 0.4) is 0 Å². The first kappa shape index (κ1) is 26.9. The van der Waals surface area contributed by atoms with Gasteiger partial charge >= 0.3 is 23.9 Å². The summed E-state index contributed by atoms with van der Waals surface area (Å²) in [6.45, 7) is 6.46. The Morgan fingerprint density at radius 2 is 1.28 bits per heavy atom. The number of carbonyl (C=O) groups excluding carboxylic acids is 3. The Bertz CT molecular complexity index is 517. The van der Waals surface area contributed by atoms with Gasteiger partial charge in [0.1, 0.15) is 6.10 Å². The zero-order chi connectivity index (χ0) is 22.2. The monoisotopic (exact) mass is 416 g/mol. The highest BCUT2D eigenvalue weighted by Crippen LogP contribution is 2.21. The van der Waals surface area contributed by atoms with E-state index in [1.807, 2.05) is 0 Å². The summed E-state index contributed by atoms with van der Waals surface area (Å²) in [5.74, 6) is -2.82. The van der Waals surface area contributed by atoms with E-state index in [9.17, 15) is 19.2 Å². The molecule has 0 saturated heterocycles. The minimum absolute atomic E-state index is 0.183. The van der Waals surface area contributed by atoms with E-state index in [-0.39, 0.29) is 25.2 Å². The van der Waals surface area contributed by atoms with Crippen molar-refractivity contribution < 1.29 is 38.5 Å². The summed E-state index contributed by atoms with van der Waals surface area (Å²) >= 11 is 0. The van der Waals surface area contributed by atoms with Gasteiger partial charge in [0, 0.05) is 26.2 Å². The third-order valence-electron chi connectivity index (χ3n) is 4.50. The summed E-state index contributed by atoms with van der Waals surface area (Å²) in [4.78, 5) is 46.0. The minimum atomic E-state index is -0.999. The maximum atomic E-state index is 12.5. The van der Waals surface area contributed by atoms with Crippen LogP contribution in [0.15, 0.2) is 0 Å². The number of hydrogen-bond acceptors (Lipinski definition) is 7. The summed E-state index contributed by atoms with van der Waals surface area (Å²) in [5.41, 5.74) is 0. The molecular weight excluding hydrogens is 380 g/mol. The van der Waals surface area contributed by atoms with Crippen molar-refractivity contribution in [3.8, 4) is 0 Å². The van der Waals surface area contributed by atoms with Gasteiger partial charge in [-0.1, -0.05) is 46.0 Å². The second-order valence-electron chi connectivity index (χ2n) is 7.06. The topological polar surface area (TPSA) is 116 Å². The molecule has 0 saturated carbocycles. The molecule has 0 aliphatic rings. The molecule has 0 heterocycles. The highest BCUT2D eigenvalue weighted by atomic mass is 16.7. The van der Waals surface area contributed by atoms with E-state index in [4.69, 9.17) is 19.3 Å². The largest absolute Gasteiger partial charge is 0.481 e. The summed E-state index contributed by atoms with van der Waals surface area (Å²) in [6.07, 6.45) is 4.47. The number of ether oxygens (including phenoxy) is 3. The minimum Gasteiger partial charge on any atom is -0.481 e. The second-order valence-corrected chi connectivity index (χ2v) is 7.06. The Morgan fingerprint density at radius 1 is 0.759 bits per heavy atom. The van der Waals surface area contributed by atoms with E-state index in [1.54, 1.807) is 20.8 Å². The zero-order valence-corrected chi connectivity index (χ0v) is 18.1. The highest BCUT2D eigenvalue weighted by molar-refractivity contribution is 5.75. The van der Waals surface area contributed by atoms with E-state index in [2.05, 4.69) is 0 Å². The van der Waals surface area contributed by atoms with E-state index < -0.39 is 36.2 Å². The van der Waals surface area contributed by atoms with Gasteiger partial charge in [-0.15, -0.1) is 0 Å². The van der Waals surface area contributed by atoms with Crippen LogP contribution in [-0.4, -0.2) is 41.4 Å². The fraction of sp³-hybridized carbons (Fsp3) is 0.810. The third kappa shape index (κ3) is 13.7. The average molecular weight is 417 g/mol. The SMILES string of the molecule is CCC(=O)OC(C)OC(=O)C(CCCCCCCCC(=O)O)C(C)OC(=O)CC. The lowest BCUT2D eigenvalue weighted by molar-refractivity contribution is -0.190. The fourth-order valence-electron chi connectivity index (χ4n) is 2.81. The summed E-state index contributed by atoms with van der Waals surface area (Å²) < 4.78 is 15.5. The molecule has 0 aliphatic heterocycles. The molecule has 8 heteroatoms. The number of carbonyl (C=O) groups is 4. The van der Waals surface area contributed by atoms with Crippen LogP contribution in [0.2, 0.25) is 0 Å². The highest BCUT2D eigenvalue weighted by Gasteiger charge is 2.30. The normalized spacial score (nSPS) is 13.8. The number of aliphatic carboxylic acids is 1. The lowest BCUT2D eigenvalue weighted by Crippen LogP contribution is -2.34. The van der Waals surface area contributed by atoms with Gasteiger partial charge < -0.3 is 19.3 Å². The van der Waals surface area contributed by atoms with Crippen LogP contribution < -0.4 is 0 Å². The molecule has 0 fully saturated rings. The van der Waals surface area contributed by atoms with Crippen molar-refractivity contribution in [3.05, 3.63) is 0 Å². The van der Waals surface area contributed by atoms with Crippen LogP contribution in [0.5, 0.6) is 0 Å². The van der Waals surface area contributed by atoms with Crippen molar-refractivity contribution in [3.63, 3.8) is 0 Å². The van der Waals surface area contributed by atoms with Gasteiger partial charge in [-0.05, 0) is 19.8 Å². The van der Waals surface area contributed by atoms with Crippen LogP contribution in [0.4, 0.5) is 0 Å². The molecule has 0 radical (unpaired) electrons.